The van der Waals surface area contributed by atoms with E-state index in [2.05, 4.69) is 30.9 Å². The van der Waals surface area contributed by atoms with Gasteiger partial charge in [0.2, 0.25) is 0 Å². The molecule has 9 nitrogen and oxygen atoms in total. The molecule has 3 rings (SSSR count). The van der Waals surface area contributed by atoms with Crippen molar-refractivity contribution in [2.45, 2.75) is 12.5 Å². The zero-order chi connectivity index (χ0) is 24.0. The monoisotopic (exact) mass is 476 g/mol. The van der Waals surface area contributed by atoms with Crippen LogP contribution in [-0.4, -0.2) is 45.3 Å². The van der Waals surface area contributed by atoms with Crippen LogP contribution in [0.25, 0.3) is 0 Å². The first-order valence-corrected chi connectivity index (χ1v) is 9.64. The summed E-state index contributed by atoms with van der Waals surface area (Å²) in [6.07, 6.45) is -1.21. The lowest BCUT2D eigenvalue weighted by molar-refractivity contribution is 0.00381. The fraction of sp³-hybridized carbons (Fsp3) is 0.150. The Morgan fingerprint density at radius 3 is 2.52 bits per heavy atom. The quantitative estimate of drug-likeness (QED) is 0.291. The van der Waals surface area contributed by atoms with Crippen molar-refractivity contribution in [3.63, 3.8) is 0 Å². The van der Waals surface area contributed by atoms with Crippen LogP contribution < -0.4 is 16.0 Å². The van der Waals surface area contributed by atoms with E-state index in [1.807, 2.05) is 6.07 Å². The number of nitrogens with zero attached hydrogens (tertiary/aromatic N) is 4. The molecule has 0 saturated carbocycles. The standard InChI is InChI=1S/C20H16ClF3N8O/c21-12-1-10(5-25)2-13(22)19(12)31-14-3-17(27-7-11(14)6-26)32-18-4-16(29-9-30-18)28-8-15(33)20(23)24/h1-4,6-7,9,15,20,26,33H,8H2,(H3,27,28,29,30,31,32). The van der Waals surface area contributed by atoms with Gasteiger partial charge in [-0.25, -0.2) is 28.1 Å². The Hall–Kier alpha value is -3.95. The Bertz CT molecular complexity index is 1180. The zero-order valence-corrected chi connectivity index (χ0v) is 17.4. The van der Waals surface area contributed by atoms with E-state index in [0.29, 0.717) is 11.3 Å². The van der Waals surface area contributed by atoms with Crippen molar-refractivity contribution in [3.05, 3.63) is 58.8 Å². The second-order valence-corrected chi connectivity index (χ2v) is 6.96. The fourth-order valence-corrected chi connectivity index (χ4v) is 2.86. The predicted molar refractivity (Wildman–Crippen MR) is 117 cm³/mol. The Kier molecular flexibility index (Phi) is 7.60. The smallest absolute Gasteiger partial charge is 0.265 e. The average molecular weight is 477 g/mol. The van der Waals surface area contributed by atoms with Crippen molar-refractivity contribution < 1.29 is 18.3 Å². The molecular weight excluding hydrogens is 461 g/mol. The maximum atomic E-state index is 14.4. The molecule has 0 radical (unpaired) electrons. The molecule has 0 aliphatic carbocycles. The zero-order valence-electron chi connectivity index (χ0n) is 16.7. The van der Waals surface area contributed by atoms with E-state index >= 15 is 0 Å². The van der Waals surface area contributed by atoms with Crippen LogP contribution in [0, 0.1) is 22.6 Å². The van der Waals surface area contributed by atoms with Gasteiger partial charge in [0, 0.05) is 36.7 Å². The van der Waals surface area contributed by atoms with Gasteiger partial charge < -0.3 is 26.5 Å². The molecule has 1 atom stereocenters. The lowest BCUT2D eigenvalue weighted by Crippen LogP contribution is -2.27. The summed E-state index contributed by atoms with van der Waals surface area (Å²) in [6.45, 7) is -0.411. The van der Waals surface area contributed by atoms with Crippen molar-refractivity contribution in [3.8, 4) is 6.07 Å². The average Bonchev–Trinajstić information content (AvgIpc) is 2.80. The van der Waals surface area contributed by atoms with E-state index in [4.69, 9.17) is 22.3 Å². The third-order valence-corrected chi connectivity index (χ3v) is 4.53. The van der Waals surface area contributed by atoms with Crippen LogP contribution in [-0.2, 0) is 0 Å². The molecule has 2 aromatic heterocycles. The van der Waals surface area contributed by atoms with Gasteiger partial charge in [-0.1, -0.05) is 11.6 Å². The van der Waals surface area contributed by atoms with Gasteiger partial charge in [0.25, 0.3) is 6.43 Å². The molecule has 1 unspecified atom stereocenters. The van der Waals surface area contributed by atoms with Gasteiger partial charge in [0.05, 0.1) is 28.0 Å². The van der Waals surface area contributed by atoms with Gasteiger partial charge in [-0.2, -0.15) is 5.26 Å². The summed E-state index contributed by atoms with van der Waals surface area (Å²) in [6, 6.07) is 7.03. The highest BCUT2D eigenvalue weighted by Gasteiger charge is 2.16. The van der Waals surface area contributed by atoms with Crippen molar-refractivity contribution in [1.29, 1.82) is 10.7 Å². The first-order chi connectivity index (χ1) is 15.8. The summed E-state index contributed by atoms with van der Waals surface area (Å²) in [7, 11) is 0. The van der Waals surface area contributed by atoms with Gasteiger partial charge in [-0.3, -0.25) is 0 Å². The van der Waals surface area contributed by atoms with Gasteiger partial charge in [0.15, 0.2) is 0 Å². The minimum Gasteiger partial charge on any atom is -0.385 e. The summed E-state index contributed by atoms with van der Waals surface area (Å²) >= 11 is 6.09. The molecule has 0 bridgehead atoms. The van der Waals surface area contributed by atoms with Crippen molar-refractivity contribution in [2.75, 3.05) is 22.5 Å². The van der Waals surface area contributed by atoms with E-state index in [0.717, 1.165) is 12.3 Å². The highest BCUT2D eigenvalue weighted by atomic mass is 35.5. The maximum Gasteiger partial charge on any atom is 0.265 e. The second kappa shape index (κ2) is 10.6. The number of alkyl halides is 2. The van der Waals surface area contributed by atoms with Gasteiger partial charge >= 0.3 is 0 Å². The van der Waals surface area contributed by atoms with Gasteiger partial charge in [-0.15, -0.1) is 0 Å². The molecule has 33 heavy (non-hydrogen) atoms. The number of hydrogen-bond donors (Lipinski definition) is 5. The number of rotatable bonds is 9. The van der Waals surface area contributed by atoms with Crippen LogP contribution in [0.2, 0.25) is 5.02 Å². The molecule has 0 aliphatic heterocycles. The van der Waals surface area contributed by atoms with Crippen molar-refractivity contribution >= 4 is 46.6 Å². The maximum absolute atomic E-state index is 14.4. The number of aliphatic hydroxyl groups excluding tert-OH is 1. The molecule has 1 aromatic carbocycles. The number of anilines is 5. The van der Waals surface area contributed by atoms with Crippen LogP contribution in [0.4, 0.5) is 42.0 Å². The molecule has 2 heterocycles. The SMILES string of the molecule is N#Cc1cc(F)c(Nc2cc(Nc3cc(NCC(O)C(F)F)ncn3)ncc2C=N)c(Cl)c1. The third-order valence-electron chi connectivity index (χ3n) is 4.23. The third kappa shape index (κ3) is 6.06. The number of nitrogens with one attached hydrogen (secondary N) is 4. The van der Waals surface area contributed by atoms with Crippen molar-refractivity contribution in [2.24, 2.45) is 0 Å². The number of halogens is 4. The lowest BCUT2D eigenvalue weighted by atomic mass is 10.2. The first kappa shape index (κ1) is 23.7. The minimum atomic E-state index is -2.89. The molecule has 0 fully saturated rings. The molecule has 0 amide bonds. The van der Waals surface area contributed by atoms with Crippen molar-refractivity contribution in [1.82, 2.24) is 15.0 Å². The molecule has 0 spiro atoms. The Morgan fingerprint density at radius 1 is 1.12 bits per heavy atom. The van der Waals surface area contributed by atoms with E-state index in [-0.39, 0.29) is 33.7 Å². The highest BCUT2D eigenvalue weighted by Crippen LogP contribution is 2.31. The Labute approximate surface area is 190 Å². The summed E-state index contributed by atoms with van der Waals surface area (Å²) in [5, 5.41) is 33.9. The molecule has 3 aromatic rings. The van der Waals surface area contributed by atoms with E-state index in [9.17, 15) is 18.3 Å². The predicted octanol–water partition coefficient (Wildman–Crippen LogP) is 4.06. The summed E-state index contributed by atoms with van der Waals surface area (Å²) in [5.74, 6) is -0.0554. The Morgan fingerprint density at radius 2 is 1.85 bits per heavy atom. The summed E-state index contributed by atoms with van der Waals surface area (Å²) < 4.78 is 39.3. The fourth-order valence-electron chi connectivity index (χ4n) is 2.60. The topological polar surface area (TPSA) is 143 Å². The summed E-state index contributed by atoms with van der Waals surface area (Å²) in [4.78, 5) is 12.1. The van der Waals surface area contributed by atoms with Gasteiger partial charge in [0.1, 0.15) is 35.7 Å². The largest absolute Gasteiger partial charge is 0.385 e. The molecule has 170 valence electrons. The molecular formula is C20H16ClF3N8O. The Balaban J connectivity index is 1.82. The van der Waals surface area contributed by atoms with Crippen LogP contribution in [0.5, 0.6) is 0 Å². The van der Waals surface area contributed by atoms with E-state index < -0.39 is 24.9 Å². The lowest BCUT2D eigenvalue weighted by Gasteiger charge is -2.14. The van der Waals surface area contributed by atoms with Crippen LogP contribution in [0.1, 0.15) is 11.1 Å². The summed E-state index contributed by atoms with van der Waals surface area (Å²) in [5.41, 5.74) is 0.593. The van der Waals surface area contributed by atoms with Crippen LogP contribution in [0.15, 0.2) is 36.8 Å². The van der Waals surface area contributed by atoms with Crippen LogP contribution >= 0.6 is 11.6 Å². The second-order valence-electron chi connectivity index (χ2n) is 6.55. The number of aliphatic hydroxyl groups is 1. The normalized spacial score (nSPS) is 11.5. The molecule has 0 aliphatic rings. The number of aromatic nitrogens is 3. The first-order valence-electron chi connectivity index (χ1n) is 9.26. The molecule has 5 N–H and O–H groups in total. The highest BCUT2D eigenvalue weighted by molar-refractivity contribution is 6.33. The number of nitriles is 1. The van der Waals surface area contributed by atoms with Crippen LogP contribution in [0.3, 0.4) is 0 Å². The van der Waals surface area contributed by atoms with E-state index in [1.165, 1.54) is 30.7 Å². The number of benzene rings is 1. The number of hydrogen-bond acceptors (Lipinski definition) is 9. The molecule has 13 heteroatoms. The minimum absolute atomic E-state index is 0.0219. The van der Waals surface area contributed by atoms with E-state index in [1.54, 1.807) is 0 Å². The molecule has 0 saturated heterocycles. The number of pyridine rings is 1. The van der Waals surface area contributed by atoms with Gasteiger partial charge in [-0.05, 0) is 12.1 Å².